The van der Waals surface area contributed by atoms with Gasteiger partial charge in [0.25, 0.3) is 0 Å². The minimum Gasteiger partial charge on any atom is -0.480 e. The van der Waals surface area contributed by atoms with Crippen molar-refractivity contribution in [3.63, 3.8) is 0 Å². The van der Waals surface area contributed by atoms with E-state index in [1.807, 2.05) is 31.2 Å². The van der Waals surface area contributed by atoms with Crippen LogP contribution in [0.15, 0.2) is 24.3 Å². The predicted octanol–water partition coefficient (Wildman–Crippen LogP) is 0.803. The zero-order valence-electron chi connectivity index (χ0n) is 10.3. The summed E-state index contributed by atoms with van der Waals surface area (Å²) in [6.07, 6.45) is 0.272. The molecule has 0 aliphatic carbocycles. The molecular formula is C13H18N2O3. The molecule has 1 amide bonds. The number of amides is 1. The van der Waals surface area contributed by atoms with Crippen LogP contribution in [-0.2, 0) is 16.1 Å². The molecule has 5 nitrogen and oxygen atoms in total. The van der Waals surface area contributed by atoms with Crippen LogP contribution >= 0.6 is 0 Å². The van der Waals surface area contributed by atoms with Gasteiger partial charge in [-0.25, -0.2) is 0 Å². The largest absolute Gasteiger partial charge is 0.480 e. The highest BCUT2D eigenvalue weighted by atomic mass is 16.4. The number of aliphatic carboxylic acids is 1. The van der Waals surface area contributed by atoms with Crippen LogP contribution in [0.5, 0.6) is 0 Å². The first-order valence-electron chi connectivity index (χ1n) is 5.79. The molecule has 1 rings (SSSR count). The molecule has 0 saturated heterocycles. The number of carbonyl (C=O) groups excluding carboxylic acids is 1. The lowest BCUT2D eigenvalue weighted by Crippen LogP contribution is -2.32. The Morgan fingerprint density at radius 1 is 1.44 bits per heavy atom. The van der Waals surface area contributed by atoms with E-state index in [1.54, 1.807) is 0 Å². The maximum Gasteiger partial charge on any atom is 0.320 e. The van der Waals surface area contributed by atoms with Gasteiger partial charge in [-0.05, 0) is 18.9 Å². The smallest absolute Gasteiger partial charge is 0.320 e. The molecule has 0 saturated carbocycles. The van der Waals surface area contributed by atoms with E-state index in [0.29, 0.717) is 6.54 Å². The van der Waals surface area contributed by atoms with Crippen LogP contribution in [0, 0.1) is 6.92 Å². The molecule has 1 atom stereocenters. The molecule has 0 unspecified atom stereocenters. The summed E-state index contributed by atoms with van der Waals surface area (Å²) in [4.78, 5) is 21.9. The van der Waals surface area contributed by atoms with E-state index >= 15 is 0 Å². The normalized spacial score (nSPS) is 11.9. The maximum atomic E-state index is 11.5. The van der Waals surface area contributed by atoms with E-state index < -0.39 is 12.0 Å². The number of nitrogens with one attached hydrogen (secondary N) is 1. The third-order valence-corrected chi connectivity index (χ3v) is 2.57. The molecule has 0 spiro atoms. The van der Waals surface area contributed by atoms with Crippen molar-refractivity contribution >= 4 is 11.9 Å². The standard InChI is InChI=1S/C13H18N2O3/c1-9-3-2-4-10(7-9)8-15-12(16)6-5-11(14)13(17)18/h2-4,7,11H,5-6,8,14H2,1H3,(H,15,16)(H,17,18)/t11-/m0/s1. The molecule has 0 fully saturated rings. The molecule has 0 aromatic heterocycles. The summed E-state index contributed by atoms with van der Waals surface area (Å²) in [5.74, 6) is -1.27. The Kier molecular flexibility index (Phi) is 5.32. The number of carboxylic acids is 1. The van der Waals surface area contributed by atoms with E-state index in [-0.39, 0.29) is 18.7 Å². The Morgan fingerprint density at radius 2 is 2.17 bits per heavy atom. The average molecular weight is 250 g/mol. The Hall–Kier alpha value is -1.88. The highest BCUT2D eigenvalue weighted by molar-refractivity contribution is 5.78. The van der Waals surface area contributed by atoms with E-state index in [1.165, 1.54) is 0 Å². The molecule has 18 heavy (non-hydrogen) atoms. The first-order valence-corrected chi connectivity index (χ1v) is 5.79. The zero-order valence-corrected chi connectivity index (χ0v) is 10.3. The first kappa shape index (κ1) is 14.2. The predicted molar refractivity (Wildman–Crippen MR) is 67.9 cm³/mol. The number of carbonyl (C=O) groups is 2. The molecule has 0 heterocycles. The van der Waals surface area contributed by atoms with Gasteiger partial charge in [-0.1, -0.05) is 29.8 Å². The van der Waals surface area contributed by atoms with Crippen molar-refractivity contribution < 1.29 is 14.7 Å². The zero-order chi connectivity index (χ0) is 13.5. The molecule has 98 valence electrons. The number of carboxylic acid groups (broad SMARTS) is 1. The summed E-state index contributed by atoms with van der Waals surface area (Å²) in [7, 11) is 0. The fourth-order valence-corrected chi connectivity index (χ4v) is 1.52. The summed E-state index contributed by atoms with van der Waals surface area (Å²) < 4.78 is 0. The molecular weight excluding hydrogens is 232 g/mol. The highest BCUT2D eigenvalue weighted by Gasteiger charge is 2.13. The minimum absolute atomic E-state index is 0.124. The summed E-state index contributed by atoms with van der Waals surface area (Å²) in [6.45, 7) is 2.43. The van der Waals surface area contributed by atoms with Crippen LogP contribution in [0.2, 0.25) is 0 Å². The van der Waals surface area contributed by atoms with Gasteiger partial charge in [0.05, 0.1) is 0 Å². The van der Waals surface area contributed by atoms with Crippen molar-refractivity contribution in [2.45, 2.75) is 32.4 Å². The van der Waals surface area contributed by atoms with E-state index in [9.17, 15) is 9.59 Å². The molecule has 4 N–H and O–H groups in total. The second-order valence-electron chi connectivity index (χ2n) is 4.25. The van der Waals surface area contributed by atoms with Crippen LogP contribution in [0.1, 0.15) is 24.0 Å². The van der Waals surface area contributed by atoms with Crippen LogP contribution < -0.4 is 11.1 Å². The Balaban J connectivity index is 2.31. The van der Waals surface area contributed by atoms with Crippen molar-refractivity contribution in [3.05, 3.63) is 35.4 Å². The van der Waals surface area contributed by atoms with Gasteiger partial charge in [0.15, 0.2) is 0 Å². The lowest BCUT2D eigenvalue weighted by Gasteiger charge is -2.08. The minimum atomic E-state index is -1.08. The van der Waals surface area contributed by atoms with E-state index in [2.05, 4.69) is 5.32 Å². The van der Waals surface area contributed by atoms with Crippen LogP contribution in [0.4, 0.5) is 0 Å². The number of hydrogen-bond donors (Lipinski definition) is 3. The molecule has 1 aromatic carbocycles. The second kappa shape index (κ2) is 6.76. The fourth-order valence-electron chi connectivity index (χ4n) is 1.52. The van der Waals surface area contributed by atoms with Gasteiger partial charge in [-0.3, -0.25) is 9.59 Å². The van der Waals surface area contributed by atoms with Crippen molar-refractivity contribution in [1.29, 1.82) is 0 Å². The third kappa shape index (κ3) is 4.97. The molecule has 0 radical (unpaired) electrons. The second-order valence-corrected chi connectivity index (χ2v) is 4.25. The average Bonchev–Trinajstić information content (AvgIpc) is 2.33. The lowest BCUT2D eigenvalue weighted by atomic mass is 10.1. The topological polar surface area (TPSA) is 92.4 Å². The van der Waals surface area contributed by atoms with E-state index in [4.69, 9.17) is 10.8 Å². The van der Waals surface area contributed by atoms with Crippen LogP contribution in [0.3, 0.4) is 0 Å². The van der Waals surface area contributed by atoms with E-state index in [0.717, 1.165) is 11.1 Å². The summed E-state index contributed by atoms with van der Waals surface area (Å²) in [6, 6.07) is 6.85. The summed E-state index contributed by atoms with van der Waals surface area (Å²) in [5.41, 5.74) is 7.47. The number of nitrogens with two attached hydrogens (primary N) is 1. The summed E-state index contributed by atoms with van der Waals surface area (Å²) in [5, 5.41) is 11.3. The monoisotopic (exact) mass is 250 g/mol. The van der Waals surface area contributed by atoms with Crippen LogP contribution in [0.25, 0.3) is 0 Å². The third-order valence-electron chi connectivity index (χ3n) is 2.57. The fraction of sp³-hybridized carbons (Fsp3) is 0.385. The van der Waals surface area contributed by atoms with Gasteiger partial charge in [0.1, 0.15) is 6.04 Å². The Labute approximate surface area is 106 Å². The molecule has 0 aliphatic rings. The van der Waals surface area contributed by atoms with Crippen molar-refractivity contribution in [2.75, 3.05) is 0 Å². The number of aryl methyl sites for hydroxylation is 1. The van der Waals surface area contributed by atoms with Crippen molar-refractivity contribution in [2.24, 2.45) is 5.73 Å². The van der Waals surface area contributed by atoms with Gasteiger partial charge < -0.3 is 16.2 Å². The van der Waals surface area contributed by atoms with Crippen molar-refractivity contribution in [1.82, 2.24) is 5.32 Å². The lowest BCUT2D eigenvalue weighted by molar-refractivity contribution is -0.138. The van der Waals surface area contributed by atoms with Gasteiger partial charge in [0.2, 0.25) is 5.91 Å². The molecule has 0 bridgehead atoms. The summed E-state index contributed by atoms with van der Waals surface area (Å²) >= 11 is 0. The van der Waals surface area contributed by atoms with Crippen molar-refractivity contribution in [3.8, 4) is 0 Å². The number of hydrogen-bond acceptors (Lipinski definition) is 3. The molecule has 0 aliphatic heterocycles. The quantitative estimate of drug-likeness (QED) is 0.696. The molecule has 1 aromatic rings. The number of rotatable bonds is 6. The van der Waals surface area contributed by atoms with Gasteiger partial charge in [-0.2, -0.15) is 0 Å². The van der Waals surface area contributed by atoms with Gasteiger partial charge in [0, 0.05) is 13.0 Å². The van der Waals surface area contributed by atoms with Crippen LogP contribution in [-0.4, -0.2) is 23.0 Å². The Bertz CT molecular complexity index is 432. The first-order chi connectivity index (χ1) is 8.49. The van der Waals surface area contributed by atoms with Gasteiger partial charge in [-0.15, -0.1) is 0 Å². The maximum absolute atomic E-state index is 11.5. The SMILES string of the molecule is Cc1cccc(CNC(=O)CC[C@H](N)C(=O)O)c1. The highest BCUT2D eigenvalue weighted by Crippen LogP contribution is 2.03. The van der Waals surface area contributed by atoms with Gasteiger partial charge >= 0.3 is 5.97 Å². The number of benzene rings is 1. The Morgan fingerprint density at radius 3 is 2.78 bits per heavy atom. The molecule has 5 heteroatoms.